The van der Waals surface area contributed by atoms with Crippen molar-refractivity contribution >= 4 is 29.1 Å². The van der Waals surface area contributed by atoms with Crippen LogP contribution in [0.3, 0.4) is 0 Å². The largest absolute Gasteiger partial charge is 0.352 e. The quantitative estimate of drug-likeness (QED) is 0.669. The first-order chi connectivity index (χ1) is 13.2. The molecular weight excluding hydrogens is 356 g/mol. The van der Waals surface area contributed by atoms with Crippen molar-refractivity contribution in [2.75, 3.05) is 16.8 Å². The predicted octanol–water partition coefficient (Wildman–Crippen LogP) is 5.31. The third-order valence-electron chi connectivity index (χ3n) is 5.26. The molecule has 0 amide bonds. The van der Waals surface area contributed by atoms with Gasteiger partial charge in [-0.2, -0.15) is 4.98 Å². The maximum absolute atomic E-state index is 6.11. The van der Waals surface area contributed by atoms with Gasteiger partial charge < -0.3 is 10.2 Å². The normalized spacial score (nSPS) is 16.1. The molecule has 2 aromatic carbocycles. The van der Waals surface area contributed by atoms with Crippen LogP contribution in [0.4, 0.5) is 17.5 Å². The van der Waals surface area contributed by atoms with E-state index in [4.69, 9.17) is 21.6 Å². The van der Waals surface area contributed by atoms with Gasteiger partial charge in [-0.05, 0) is 48.6 Å². The van der Waals surface area contributed by atoms with E-state index in [2.05, 4.69) is 40.5 Å². The minimum Gasteiger partial charge on any atom is -0.352 e. The van der Waals surface area contributed by atoms with Crippen molar-refractivity contribution in [3.8, 4) is 0 Å². The van der Waals surface area contributed by atoms with Gasteiger partial charge in [-0.15, -0.1) is 0 Å². The van der Waals surface area contributed by atoms with Crippen LogP contribution in [-0.2, 0) is 13.0 Å². The summed E-state index contributed by atoms with van der Waals surface area (Å²) in [7, 11) is 0. The number of rotatable bonds is 4. The molecular formula is C22H21ClN4. The summed E-state index contributed by atoms with van der Waals surface area (Å²) in [5.74, 6) is 2.23. The van der Waals surface area contributed by atoms with Gasteiger partial charge in [0.15, 0.2) is 0 Å². The first kappa shape index (κ1) is 16.6. The minimum atomic E-state index is 0.573. The fourth-order valence-electron chi connectivity index (χ4n) is 3.65. The summed E-state index contributed by atoms with van der Waals surface area (Å²) in [6, 6.07) is 18.5. The number of hydrogen-bond acceptors (Lipinski definition) is 4. The molecule has 2 aliphatic rings. The lowest BCUT2D eigenvalue weighted by molar-refractivity contribution is 0.718. The van der Waals surface area contributed by atoms with Crippen LogP contribution in [0.2, 0.25) is 5.02 Å². The molecule has 4 nitrogen and oxygen atoms in total. The van der Waals surface area contributed by atoms with E-state index in [1.807, 2.05) is 24.3 Å². The number of hydrogen-bond donors (Lipinski definition) is 1. The Labute approximate surface area is 164 Å². The van der Waals surface area contributed by atoms with Crippen molar-refractivity contribution in [3.05, 3.63) is 76.4 Å². The Balaban J connectivity index is 1.46. The summed E-state index contributed by atoms with van der Waals surface area (Å²) in [5.41, 5.74) is 4.89. The molecule has 1 saturated carbocycles. The van der Waals surface area contributed by atoms with E-state index < -0.39 is 0 Å². The number of nitrogens with zero attached hydrogens (tertiary/aromatic N) is 3. The van der Waals surface area contributed by atoms with E-state index in [9.17, 15) is 0 Å². The molecule has 1 aliphatic carbocycles. The Morgan fingerprint density at radius 3 is 2.63 bits per heavy atom. The second-order valence-electron chi connectivity index (χ2n) is 7.32. The molecule has 3 aromatic rings. The number of halogens is 1. The number of aromatic nitrogens is 2. The van der Waals surface area contributed by atoms with Crippen LogP contribution in [-0.4, -0.2) is 16.5 Å². The zero-order valence-electron chi connectivity index (χ0n) is 15.0. The Morgan fingerprint density at radius 2 is 1.81 bits per heavy atom. The minimum absolute atomic E-state index is 0.573. The van der Waals surface area contributed by atoms with Crippen molar-refractivity contribution in [2.24, 2.45) is 0 Å². The highest BCUT2D eigenvalue weighted by Crippen LogP contribution is 2.40. The Kier molecular flexibility index (Phi) is 4.21. The molecule has 0 spiro atoms. The standard InChI is InChI=1S/C22H21ClN4/c23-18-6-3-7-19(12-18)24-22-25-20(16-8-9-16)13-21(26-22)27-11-10-15-4-1-2-5-17(15)14-27/h1-7,12-13,16H,8-11,14H2,(H,24,25,26). The molecule has 1 aromatic heterocycles. The van der Waals surface area contributed by atoms with E-state index in [0.717, 1.165) is 36.7 Å². The molecule has 136 valence electrons. The summed E-state index contributed by atoms with van der Waals surface area (Å²) in [5, 5.41) is 4.03. The third kappa shape index (κ3) is 3.62. The van der Waals surface area contributed by atoms with Crippen LogP contribution in [0, 0.1) is 0 Å². The fraction of sp³-hybridized carbons (Fsp3) is 0.273. The van der Waals surface area contributed by atoms with Crippen molar-refractivity contribution in [1.82, 2.24) is 9.97 Å². The summed E-state index contributed by atoms with van der Waals surface area (Å²) in [4.78, 5) is 12.0. The molecule has 1 fully saturated rings. The number of benzene rings is 2. The first-order valence-corrected chi connectivity index (χ1v) is 9.86. The zero-order valence-corrected chi connectivity index (χ0v) is 15.8. The average Bonchev–Trinajstić information content (AvgIpc) is 3.53. The van der Waals surface area contributed by atoms with Crippen LogP contribution in [0.25, 0.3) is 0 Å². The molecule has 0 radical (unpaired) electrons. The molecule has 1 N–H and O–H groups in total. The SMILES string of the molecule is Clc1cccc(Nc2nc(C3CC3)cc(N3CCc4ccccc4C3)n2)c1. The number of fused-ring (bicyclic) bond motifs is 1. The maximum Gasteiger partial charge on any atom is 0.229 e. The van der Waals surface area contributed by atoms with Gasteiger partial charge >= 0.3 is 0 Å². The average molecular weight is 377 g/mol. The molecule has 27 heavy (non-hydrogen) atoms. The van der Waals surface area contributed by atoms with Gasteiger partial charge in [-0.3, -0.25) is 0 Å². The molecule has 0 unspecified atom stereocenters. The molecule has 5 rings (SSSR count). The number of nitrogens with one attached hydrogen (secondary N) is 1. The van der Waals surface area contributed by atoms with Gasteiger partial charge in [0.05, 0.1) is 5.69 Å². The molecule has 2 heterocycles. The molecule has 5 heteroatoms. The van der Waals surface area contributed by atoms with Crippen molar-refractivity contribution in [2.45, 2.75) is 31.7 Å². The van der Waals surface area contributed by atoms with E-state index in [1.54, 1.807) is 0 Å². The van der Waals surface area contributed by atoms with Crippen LogP contribution in [0.5, 0.6) is 0 Å². The van der Waals surface area contributed by atoms with E-state index >= 15 is 0 Å². The van der Waals surface area contributed by atoms with Crippen LogP contribution in [0.15, 0.2) is 54.6 Å². The van der Waals surface area contributed by atoms with E-state index in [1.165, 1.54) is 24.0 Å². The van der Waals surface area contributed by atoms with E-state index in [0.29, 0.717) is 16.9 Å². The number of anilines is 3. The molecule has 0 bridgehead atoms. The Hall–Kier alpha value is -2.59. The monoisotopic (exact) mass is 376 g/mol. The highest BCUT2D eigenvalue weighted by Gasteiger charge is 2.27. The highest BCUT2D eigenvalue weighted by molar-refractivity contribution is 6.30. The van der Waals surface area contributed by atoms with Gasteiger partial charge in [-0.25, -0.2) is 4.98 Å². The van der Waals surface area contributed by atoms with Gasteiger partial charge in [-0.1, -0.05) is 41.9 Å². The van der Waals surface area contributed by atoms with Crippen molar-refractivity contribution < 1.29 is 0 Å². The second kappa shape index (κ2) is 6.86. The Bertz CT molecular complexity index is 984. The molecule has 0 saturated heterocycles. The van der Waals surface area contributed by atoms with Crippen LogP contribution in [0.1, 0.15) is 35.6 Å². The van der Waals surface area contributed by atoms with Gasteiger partial charge in [0, 0.05) is 35.8 Å². The smallest absolute Gasteiger partial charge is 0.229 e. The fourth-order valence-corrected chi connectivity index (χ4v) is 3.84. The third-order valence-corrected chi connectivity index (χ3v) is 5.50. The highest BCUT2D eigenvalue weighted by atomic mass is 35.5. The molecule has 0 atom stereocenters. The first-order valence-electron chi connectivity index (χ1n) is 9.48. The summed E-state index contributed by atoms with van der Waals surface area (Å²) in [6.07, 6.45) is 3.49. The van der Waals surface area contributed by atoms with E-state index in [-0.39, 0.29) is 0 Å². The van der Waals surface area contributed by atoms with Crippen LogP contribution < -0.4 is 10.2 Å². The topological polar surface area (TPSA) is 41.1 Å². The van der Waals surface area contributed by atoms with Crippen molar-refractivity contribution in [3.63, 3.8) is 0 Å². The predicted molar refractivity (Wildman–Crippen MR) is 110 cm³/mol. The maximum atomic E-state index is 6.11. The molecule has 1 aliphatic heterocycles. The lowest BCUT2D eigenvalue weighted by Gasteiger charge is -2.30. The lowest BCUT2D eigenvalue weighted by atomic mass is 10.00. The summed E-state index contributed by atoms with van der Waals surface area (Å²) >= 11 is 6.11. The zero-order chi connectivity index (χ0) is 18.2. The van der Waals surface area contributed by atoms with Crippen molar-refractivity contribution in [1.29, 1.82) is 0 Å². The van der Waals surface area contributed by atoms with Gasteiger partial charge in [0.1, 0.15) is 5.82 Å². The lowest BCUT2D eigenvalue weighted by Crippen LogP contribution is -2.31. The van der Waals surface area contributed by atoms with Gasteiger partial charge in [0.2, 0.25) is 5.95 Å². The van der Waals surface area contributed by atoms with Gasteiger partial charge in [0.25, 0.3) is 0 Å². The van der Waals surface area contributed by atoms with Crippen LogP contribution >= 0.6 is 11.6 Å². The Morgan fingerprint density at radius 1 is 0.963 bits per heavy atom. The summed E-state index contributed by atoms with van der Waals surface area (Å²) in [6.45, 7) is 1.88. The second-order valence-corrected chi connectivity index (χ2v) is 7.76. The summed E-state index contributed by atoms with van der Waals surface area (Å²) < 4.78 is 0.